The Bertz CT molecular complexity index is 1000. The number of benzene rings is 2. The fourth-order valence-corrected chi connectivity index (χ4v) is 4.16. The lowest BCUT2D eigenvalue weighted by Gasteiger charge is -2.15. The van der Waals surface area contributed by atoms with Gasteiger partial charge in [0.1, 0.15) is 12.4 Å². The van der Waals surface area contributed by atoms with Crippen molar-refractivity contribution in [2.24, 2.45) is 0 Å². The number of rotatable bonds is 7. The summed E-state index contributed by atoms with van der Waals surface area (Å²) in [5, 5.41) is -0.386. The molecule has 1 heterocycles. The van der Waals surface area contributed by atoms with E-state index in [4.69, 9.17) is 14.2 Å². The van der Waals surface area contributed by atoms with Crippen LogP contribution in [-0.4, -0.2) is 32.0 Å². The third kappa shape index (κ3) is 4.33. The van der Waals surface area contributed by atoms with Crippen molar-refractivity contribution in [1.82, 2.24) is 0 Å². The first-order valence-corrected chi connectivity index (χ1v) is 10.1. The van der Waals surface area contributed by atoms with Gasteiger partial charge in [0, 0.05) is 0 Å². The van der Waals surface area contributed by atoms with Gasteiger partial charge in [-0.25, -0.2) is 4.90 Å². The molecule has 0 unspecified atom stereocenters. The molecule has 150 valence electrons. The number of carbonyl (C=O) groups is 2. The van der Waals surface area contributed by atoms with Crippen LogP contribution in [0.4, 0.5) is 10.5 Å². The van der Waals surface area contributed by atoms with E-state index in [9.17, 15) is 9.59 Å². The molecule has 0 saturated carbocycles. The minimum atomic E-state index is -0.411. The molecule has 1 saturated heterocycles. The van der Waals surface area contributed by atoms with E-state index in [2.05, 4.69) is 22.5 Å². The zero-order valence-corrected chi connectivity index (χ0v) is 18.2. The van der Waals surface area contributed by atoms with Crippen LogP contribution in [0.1, 0.15) is 5.56 Å². The van der Waals surface area contributed by atoms with Crippen molar-refractivity contribution < 1.29 is 23.8 Å². The van der Waals surface area contributed by atoms with Gasteiger partial charge in [0.2, 0.25) is 0 Å². The van der Waals surface area contributed by atoms with Crippen molar-refractivity contribution in [3.8, 4) is 17.2 Å². The monoisotopic (exact) mass is 475 g/mol. The summed E-state index contributed by atoms with van der Waals surface area (Å²) in [7, 11) is 3.02. The van der Waals surface area contributed by atoms with Gasteiger partial charge in [0.05, 0.1) is 29.3 Å². The Labute approximate surface area is 181 Å². The summed E-state index contributed by atoms with van der Waals surface area (Å²) in [5.74, 6) is 1.07. The lowest BCUT2D eigenvalue weighted by molar-refractivity contribution is -0.113. The second kappa shape index (κ2) is 9.19. The van der Waals surface area contributed by atoms with Gasteiger partial charge in [0.25, 0.3) is 11.1 Å². The summed E-state index contributed by atoms with van der Waals surface area (Å²) in [6, 6.07) is 10.4. The van der Waals surface area contributed by atoms with Gasteiger partial charge in [-0.05, 0) is 63.6 Å². The number of thioether (sulfide) groups is 1. The molecule has 6 nitrogen and oxygen atoms in total. The minimum Gasteiger partial charge on any atom is -0.495 e. The smallest absolute Gasteiger partial charge is 0.298 e. The van der Waals surface area contributed by atoms with Crippen LogP contribution in [-0.2, 0) is 4.79 Å². The highest BCUT2D eigenvalue weighted by atomic mass is 79.9. The third-order valence-corrected chi connectivity index (χ3v) is 5.47. The molecule has 0 spiro atoms. The standard InChI is InChI=1S/C21H18BrNO5S/c1-4-9-28-19-14(22)10-13(11-17(19)27-3)12-18-20(24)23(21(25)29-18)15-7-5-6-8-16(15)26-2/h4-8,10-12H,1,9H2,2-3H3/b18-12-. The van der Waals surface area contributed by atoms with Gasteiger partial charge in [-0.1, -0.05) is 24.8 Å². The van der Waals surface area contributed by atoms with Crippen LogP contribution in [0.15, 0.2) is 58.4 Å². The van der Waals surface area contributed by atoms with Crippen LogP contribution in [0.5, 0.6) is 17.2 Å². The first-order valence-electron chi connectivity index (χ1n) is 8.52. The fraction of sp³-hybridized carbons (Fsp3) is 0.143. The molecular weight excluding hydrogens is 458 g/mol. The van der Waals surface area contributed by atoms with E-state index in [0.29, 0.717) is 44.5 Å². The van der Waals surface area contributed by atoms with Crippen LogP contribution >= 0.6 is 27.7 Å². The number of halogens is 1. The Morgan fingerprint density at radius 3 is 2.55 bits per heavy atom. The highest BCUT2D eigenvalue weighted by Gasteiger charge is 2.37. The van der Waals surface area contributed by atoms with E-state index in [0.717, 1.165) is 16.7 Å². The average Bonchev–Trinajstić information content (AvgIpc) is 2.99. The van der Waals surface area contributed by atoms with E-state index >= 15 is 0 Å². The number of nitrogens with zero attached hydrogens (tertiary/aromatic N) is 1. The molecule has 2 amide bonds. The first kappa shape index (κ1) is 21.0. The number of anilines is 1. The highest BCUT2D eigenvalue weighted by Crippen LogP contribution is 2.41. The summed E-state index contributed by atoms with van der Waals surface area (Å²) in [6.07, 6.45) is 3.28. The maximum absolute atomic E-state index is 12.9. The molecule has 0 radical (unpaired) electrons. The Kier molecular flexibility index (Phi) is 6.66. The Hall–Kier alpha value is -2.71. The molecule has 2 aromatic carbocycles. The molecule has 1 aliphatic heterocycles. The van der Waals surface area contributed by atoms with E-state index < -0.39 is 5.91 Å². The number of methoxy groups -OCH3 is 2. The number of imide groups is 1. The van der Waals surface area contributed by atoms with E-state index in [-0.39, 0.29) is 5.24 Å². The van der Waals surface area contributed by atoms with Crippen molar-refractivity contribution >= 4 is 50.6 Å². The summed E-state index contributed by atoms with van der Waals surface area (Å²) in [4.78, 5) is 26.9. The van der Waals surface area contributed by atoms with Gasteiger partial charge in [-0.3, -0.25) is 9.59 Å². The first-order chi connectivity index (χ1) is 14.0. The van der Waals surface area contributed by atoms with Gasteiger partial charge < -0.3 is 14.2 Å². The maximum atomic E-state index is 12.9. The van der Waals surface area contributed by atoms with Crippen LogP contribution in [0.2, 0.25) is 0 Å². The summed E-state index contributed by atoms with van der Waals surface area (Å²) in [5.41, 5.74) is 1.10. The van der Waals surface area contributed by atoms with Gasteiger partial charge in [-0.2, -0.15) is 0 Å². The van der Waals surface area contributed by atoms with Crippen molar-refractivity contribution in [1.29, 1.82) is 0 Å². The van der Waals surface area contributed by atoms with Crippen LogP contribution in [0.3, 0.4) is 0 Å². The van der Waals surface area contributed by atoms with Crippen LogP contribution in [0, 0.1) is 0 Å². The predicted octanol–water partition coefficient (Wildman–Crippen LogP) is 5.27. The predicted molar refractivity (Wildman–Crippen MR) is 118 cm³/mol. The maximum Gasteiger partial charge on any atom is 0.298 e. The zero-order valence-electron chi connectivity index (χ0n) is 15.8. The lowest BCUT2D eigenvalue weighted by atomic mass is 10.1. The minimum absolute atomic E-state index is 0.301. The third-order valence-electron chi connectivity index (χ3n) is 4.01. The molecular formula is C21H18BrNO5S. The van der Waals surface area contributed by atoms with Gasteiger partial charge in [-0.15, -0.1) is 0 Å². The summed E-state index contributed by atoms with van der Waals surface area (Å²) >= 11 is 4.33. The molecule has 0 aliphatic carbocycles. The second-order valence-electron chi connectivity index (χ2n) is 5.82. The Morgan fingerprint density at radius 2 is 1.86 bits per heavy atom. The van der Waals surface area contributed by atoms with E-state index in [1.54, 1.807) is 48.6 Å². The number of para-hydroxylation sites is 2. The quantitative estimate of drug-likeness (QED) is 0.401. The van der Waals surface area contributed by atoms with Crippen LogP contribution < -0.4 is 19.1 Å². The van der Waals surface area contributed by atoms with Crippen molar-refractivity contribution in [3.63, 3.8) is 0 Å². The topological polar surface area (TPSA) is 65.1 Å². The average molecular weight is 476 g/mol. The van der Waals surface area contributed by atoms with Crippen molar-refractivity contribution in [2.75, 3.05) is 25.7 Å². The number of carbonyl (C=O) groups excluding carboxylic acids is 2. The van der Waals surface area contributed by atoms with Crippen LogP contribution in [0.25, 0.3) is 6.08 Å². The molecule has 1 fully saturated rings. The molecule has 3 rings (SSSR count). The molecule has 0 bridgehead atoms. The fourth-order valence-electron chi connectivity index (χ4n) is 2.75. The van der Waals surface area contributed by atoms with Gasteiger partial charge in [0.15, 0.2) is 11.5 Å². The number of hydrogen-bond acceptors (Lipinski definition) is 6. The SMILES string of the molecule is C=CCOc1c(Br)cc(/C=C2\SC(=O)N(c3ccccc3OC)C2=O)cc1OC. The Morgan fingerprint density at radius 1 is 1.14 bits per heavy atom. The Balaban J connectivity index is 1.95. The molecule has 8 heteroatoms. The molecule has 2 aromatic rings. The normalized spacial score (nSPS) is 15.0. The lowest BCUT2D eigenvalue weighted by Crippen LogP contribution is -2.28. The van der Waals surface area contributed by atoms with E-state index in [1.807, 2.05) is 0 Å². The largest absolute Gasteiger partial charge is 0.495 e. The van der Waals surface area contributed by atoms with Crippen molar-refractivity contribution in [2.45, 2.75) is 0 Å². The number of ether oxygens (including phenoxy) is 3. The highest BCUT2D eigenvalue weighted by molar-refractivity contribution is 9.10. The molecule has 29 heavy (non-hydrogen) atoms. The summed E-state index contributed by atoms with van der Waals surface area (Å²) in [6.45, 7) is 3.96. The number of amides is 2. The molecule has 1 aliphatic rings. The molecule has 0 N–H and O–H groups in total. The van der Waals surface area contributed by atoms with E-state index in [1.165, 1.54) is 14.2 Å². The van der Waals surface area contributed by atoms with Gasteiger partial charge >= 0.3 is 0 Å². The van der Waals surface area contributed by atoms with Crippen molar-refractivity contribution in [3.05, 3.63) is 64.0 Å². The summed E-state index contributed by atoms with van der Waals surface area (Å²) < 4.78 is 16.9. The number of hydrogen-bond donors (Lipinski definition) is 0. The molecule has 0 atom stereocenters. The zero-order chi connectivity index (χ0) is 21.0. The molecule has 0 aromatic heterocycles. The second-order valence-corrected chi connectivity index (χ2v) is 7.67.